The molecule has 0 saturated carbocycles. The Balaban J connectivity index is 0.0000216. The number of carbonyl (C=O) groups excluding carboxylic acids is 12. The summed E-state index contributed by atoms with van der Waals surface area (Å²) in [7, 11) is 0. The summed E-state index contributed by atoms with van der Waals surface area (Å²) >= 11 is 0. The number of carboxylic acid groups (broad SMARTS) is 3. The molecule has 12 amide bonds. The number of fused-ring (bicyclic) bond motifs is 2. The summed E-state index contributed by atoms with van der Waals surface area (Å²) in [6, 6.07) is -17.6. The molecule has 3 rings (SSSR count). The SMILES string of the molecule is CCC(C)CCCCCCC/C=C\CC(=O)NC(CN)C(=O)NC1C(=O)N2CCCCC2C(=O)NC(C(C)C(=O)O)C(=O)NC(CC(=O)O)C(=O)NCC(=O)NC(CC(=O)O)C(=O)NCC(=O)NC(C(C)N)C(=O)NC(C(C)C)C(=O)N2CCCC2C(=O)NC1C.[Ca+2].[Ca+2]. The second-order valence-corrected chi connectivity index (χ2v) is 24.0. The van der Waals surface area contributed by atoms with Gasteiger partial charge >= 0.3 is 93.4 Å². The minimum atomic E-state index is -2.10. The molecule has 0 bridgehead atoms. The zero-order valence-corrected chi connectivity index (χ0v) is 58.9. The van der Waals surface area contributed by atoms with Gasteiger partial charge in [-0.05, 0) is 77.6 Å². The number of carbonyl (C=O) groups is 15. The van der Waals surface area contributed by atoms with Crippen LogP contribution in [0.3, 0.4) is 0 Å². The van der Waals surface area contributed by atoms with E-state index < -0.39 is 200 Å². The standard InChI is InChI=1S/C59H96N14O18.2Ca/c1-8-32(4)20-15-13-11-9-10-12-14-16-23-41(74)66-38(28-60)52(83)71-49-35(7)64-53(84)40-22-19-25-73(40)57(88)46(31(2)3)69-56(87)48(34(6)61)68-43(76)30-63-50(81)36(26-44(77)78)65-42(75)29-62-51(82)37(27-45(79)80)67-55(86)47(33(5)59(90)91)70-54(85)39-21-17-18-24-72(39)58(49)89;;/h14,16,31-40,46-49H,8-13,15,17-30,60-61H2,1-7H3,(H,62,82)(H,63,81)(H,64,84)(H,65,75)(H,66,74)(H,67,86)(H,68,76)(H,69,87)(H,70,85)(H,71,83)(H,77,78)(H,79,80)(H,90,91);;/q;2*+2/b16-14-;;. The fraction of sp³-hybridized carbons (Fsp3) is 0.712. The number of aliphatic carboxylic acids is 3. The number of hydrogen-bond donors (Lipinski definition) is 15. The largest absolute Gasteiger partial charge is 2.00 e. The number of unbranched alkanes of at least 4 members (excludes halogenated alkanes) is 5. The average Bonchev–Trinajstić information content (AvgIpc) is 1.78. The molecule has 0 aromatic rings. The van der Waals surface area contributed by atoms with Crippen LogP contribution in [0, 0.1) is 17.8 Å². The van der Waals surface area contributed by atoms with Crippen molar-refractivity contribution in [2.75, 3.05) is 32.7 Å². The van der Waals surface area contributed by atoms with Crippen LogP contribution in [0.25, 0.3) is 0 Å². The molecule has 0 radical (unpaired) electrons. The van der Waals surface area contributed by atoms with Crippen LogP contribution < -0.4 is 64.6 Å². The summed E-state index contributed by atoms with van der Waals surface area (Å²) in [6.45, 7) is 8.64. The quantitative estimate of drug-likeness (QED) is 0.0264. The minimum absolute atomic E-state index is 0. The summed E-state index contributed by atoms with van der Waals surface area (Å²) in [5.74, 6) is -19.3. The Morgan fingerprint density at radius 2 is 1.13 bits per heavy atom. The molecule has 0 spiro atoms. The van der Waals surface area contributed by atoms with Crippen molar-refractivity contribution in [2.24, 2.45) is 29.2 Å². The van der Waals surface area contributed by atoms with Crippen molar-refractivity contribution >= 4 is 164 Å². The van der Waals surface area contributed by atoms with E-state index in [1.165, 1.54) is 31.6 Å². The molecule has 3 aliphatic rings. The van der Waals surface area contributed by atoms with Crippen molar-refractivity contribution in [1.82, 2.24) is 63.0 Å². The summed E-state index contributed by atoms with van der Waals surface area (Å²) in [4.78, 5) is 206. The van der Waals surface area contributed by atoms with Gasteiger partial charge in [0.1, 0.15) is 54.4 Å². The zero-order valence-electron chi connectivity index (χ0n) is 54.5. The van der Waals surface area contributed by atoms with E-state index in [9.17, 15) is 82.4 Å². The van der Waals surface area contributed by atoms with E-state index in [4.69, 9.17) is 11.5 Å². The topological polar surface area (TPSA) is 496 Å². The number of rotatable bonds is 23. The first-order valence-electron chi connectivity index (χ1n) is 31.3. The smallest absolute Gasteiger partial charge is 0.481 e. The monoisotopic (exact) mass is 1370 g/mol. The first-order chi connectivity index (χ1) is 42.9. The number of nitrogens with one attached hydrogen (secondary N) is 10. The molecule has 0 aliphatic carbocycles. The zero-order chi connectivity index (χ0) is 68.2. The van der Waals surface area contributed by atoms with Crippen LogP contribution in [0.5, 0.6) is 0 Å². The van der Waals surface area contributed by atoms with E-state index in [-0.39, 0.29) is 127 Å². The predicted octanol–water partition coefficient (Wildman–Crippen LogP) is -3.90. The number of amides is 12. The fourth-order valence-corrected chi connectivity index (χ4v) is 10.6. The van der Waals surface area contributed by atoms with Gasteiger partial charge in [0.2, 0.25) is 70.9 Å². The summed E-state index contributed by atoms with van der Waals surface area (Å²) in [6.07, 6.45) is 10.4. The van der Waals surface area contributed by atoms with Gasteiger partial charge < -0.3 is 89.8 Å². The number of carboxylic acids is 3. The molecule has 0 aromatic carbocycles. The van der Waals surface area contributed by atoms with Crippen molar-refractivity contribution < 1.29 is 87.2 Å². The van der Waals surface area contributed by atoms with Gasteiger partial charge in [-0.3, -0.25) is 71.9 Å². The maximum Gasteiger partial charge on any atom is 2.00 e. The van der Waals surface area contributed by atoms with Crippen molar-refractivity contribution in [2.45, 2.75) is 218 Å². The van der Waals surface area contributed by atoms with Crippen molar-refractivity contribution in [3.63, 3.8) is 0 Å². The van der Waals surface area contributed by atoms with Crippen LogP contribution in [0.4, 0.5) is 0 Å². The summed E-state index contributed by atoms with van der Waals surface area (Å²) in [5, 5.41) is 52.9. The Morgan fingerprint density at radius 1 is 0.613 bits per heavy atom. The van der Waals surface area contributed by atoms with Gasteiger partial charge in [0.25, 0.3) is 0 Å². The third-order valence-corrected chi connectivity index (χ3v) is 16.2. The van der Waals surface area contributed by atoms with E-state index in [1.807, 2.05) is 11.4 Å². The van der Waals surface area contributed by atoms with E-state index in [1.54, 1.807) is 19.9 Å². The molecule has 3 aliphatic heterocycles. The number of hydrogen-bond acceptors (Lipinski definition) is 17. The molecular formula is C59H96Ca2N14O18+4. The first-order valence-corrected chi connectivity index (χ1v) is 31.3. The van der Waals surface area contributed by atoms with Gasteiger partial charge in [0, 0.05) is 32.1 Å². The molecule has 3 heterocycles. The molecular weight excluding hydrogens is 1270 g/mol. The van der Waals surface area contributed by atoms with Gasteiger partial charge in [0.15, 0.2) is 0 Å². The second kappa shape index (κ2) is 43.3. The third kappa shape index (κ3) is 28.6. The second-order valence-electron chi connectivity index (χ2n) is 24.0. The number of piperidine rings is 1. The molecule has 3 saturated heterocycles. The molecule has 32 nitrogen and oxygen atoms in total. The maximum atomic E-state index is 15.2. The number of nitrogens with zero attached hydrogens (tertiary/aromatic N) is 2. The molecule has 0 aromatic heterocycles. The Bertz CT molecular complexity index is 2650. The fourth-order valence-electron chi connectivity index (χ4n) is 10.6. The van der Waals surface area contributed by atoms with Crippen molar-refractivity contribution in [3.8, 4) is 0 Å². The van der Waals surface area contributed by atoms with Crippen LogP contribution in [-0.2, 0) is 71.9 Å². The van der Waals surface area contributed by atoms with E-state index in [0.29, 0.717) is 5.92 Å². The number of nitrogens with two attached hydrogens (primary N) is 2. The van der Waals surface area contributed by atoms with E-state index in [0.717, 1.165) is 50.3 Å². The van der Waals surface area contributed by atoms with Crippen LogP contribution in [-0.4, -0.2) is 289 Å². The maximum absolute atomic E-state index is 15.2. The predicted molar refractivity (Wildman–Crippen MR) is 337 cm³/mol. The van der Waals surface area contributed by atoms with Gasteiger partial charge in [-0.2, -0.15) is 0 Å². The van der Waals surface area contributed by atoms with Crippen molar-refractivity contribution in [3.05, 3.63) is 12.2 Å². The Morgan fingerprint density at radius 3 is 1.69 bits per heavy atom. The van der Waals surface area contributed by atoms with Crippen molar-refractivity contribution in [1.29, 1.82) is 0 Å². The minimum Gasteiger partial charge on any atom is -0.481 e. The molecule has 93 heavy (non-hydrogen) atoms. The van der Waals surface area contributed by atoms with Crippen LogP contribution >= 0.6 is 0 Å². The van der Waals surface area contributed by atoms with Gasteiger partial charge in [-0.25, -0.2) is 0 Å². The Kier molecular flexibility index (Phi) is 39.7. The molecule has 510 valence electrons. The molecule has 13 atom stereocenters. The molecule has 17 N–H and O–H groups in total. The average molecular weight is 1370 g/mol. The van der Waals surface area contributed by atoms with Crippen LogP contribution in [0.15, 0.2) is 12.2 Å². The van der Waals surface area contributed by atoms with Gasteiger partial charge in [0.05, 0.1) is 37.9 Å². The van der Waals surface area contributed by atoms with E-state index >= 15 is 4.79 Å². The Hall–Kier alpha value is -5.77. The third-order valence-electron chi connectivity index (χ3n) is 16.2. The summed E-state index contributed by atoms with van der Waals surface area (Å²) in [5.41, 5.74) is 12.2. The summed E-state index contributed by atoms with van der Waals surface area (Å²) < 4.78 is 0. The Labute approximate surface area is 601 Å². The molecule has 3 fully saturated rings. The number of allylic oxidation sites excluding steroid dienone is 1. The van der Waals surface area contributed by atoms with E-state index in [2.05, 4.69) is 61.7 Å². The normalized spacial score (nSPS) is 25.1. The molecule has 13 unspecified atom stereocenters. The van der Waals surface area contributed by atoms with Crippen LogP contribution in [0.1, 0.15) is 151 Å². The van der Waals surface area contributed by atoms with Gasteiger partial charge in [-0.15, -0.1) is 0 Å². The van der Waals surface area contributed by atoms with Crippen LogP contribution in [0.2, 0.25) is 0 Å². The first kappa shape index (κ1) is 85.2. The van der Waals surface area contributed by atoms with Gasteiger partial charge in [-0.1, -0.05) is 78.4 Å². The molecule has 34 heteroatoms.